The van der Waals surface area contributed by atoms with Crippen LogP contribution in [-0.4, -0.2) is 123 Å². The van der Waals surface area contributed by atoms with E-state index in [-0.39, 0.29) is 134 Å². The Labute approximate surface area is 485 Å². The number of thiophene rings is 1. The average Bonchev–Trinajstić information content (AvgIpc) is 4.40. The highest BCUT2D eigenvalue weighted by molar-refractivity contribution is 7.23. The molecule has 5 aliphatic heterocycles. The number of aryl methyl sites for hydroxylation is 1. The second kappa shape index (κ2) is 21.7. The Hall–Kier alpha value is -7.35. The zero-order chi connectivity index (χ0) is 58.4. The van der Waals surface area contributed by atoms with E-state index in [1.165, 1.54) is 12.1 Å². The molecule has 17 nitrogen and oxygen atoms in total. The van der Waals surface area contributed by atoms with Crippen LogP contribution in [-0.2, 0) is 39.5 Å². The Balaban J connectivity index is 0.836. The van der Waals surface area contributed by atoms with Crippen molar-refractivity contribution >= 4 is 77.5 Å². The molecular weight excluding hydrogens is 1110 g/mol. The molecule has 0 saturated carbocycles. The summed E-state index contributed by atoms with van der Waals surface area (Å²) in [5, 5.41) is 26.0. The third-order valence-corrected chi connectivity index (χ3v) is 19.0. The summed E-state index contributed by atoms with van der Waals surface area (Å²) in [6.07, 6.45) is 2.77. The van der Waals surface area contributed by atoms with Crippen LogP contribution in [0.5, 0.6) is 11.8 Å². The number of rotatable bonds is 16. The number of alkyl halides is 1. The fourth-order valence-electron chi connectivity index (χ4n) is 13.4. The number of esters is 1. The van der Waals surface area contributed by atoms with Crippen LogP contribution in [0.3, 0.4) is 0 Å². The minimum atomic E-state index is -1.95. The SMILES string of the molecule is C=C(C(=O)N1CCN(c2nc(OC[C@@]34CCCN3C[C@H](F)C4)nc3c(F)c(-c4ccc(F)c5sc(N)c(C#N)c45)c(Cl)cc23)[C@@H](C)C1)[C@@H](CCCCNC)Oc1ccc2nc3c(c(CC)c2c1)Cn1c-3cc2c(c1=O)COC(=O)[C@]2(O)CC. The number of hydrogen-bond acceptors (Lipinski definition) is 16. The Morgan fingerprint density at radius 2 is 1.90 bits per heavy atom. The number of pyridine rings is 2. The summed E-state index contributed by atoms with van der Waals surface area (Å²) in [5.74, 6) is -1.77. The van der Waals surface area contributed by atoms with E-state index in [2.05, 4.69) is 21.8 Å². The number of aliphatic hydroxyl groups is 1. The number of hydrogen-bond donors (Lipinski definition) is 3. The van der Waals surface area contributed by atoms with Gasteiger partial charge in [0.05, 0.1) is 55.4 Å². The molecule has 1 amide bonds. The number of cyclic esters (lactones) is 1. The van der Waals surface area contributed by atoms with Crippen LogP contribution >= 0.6 is 22.9 Å². The highest BCUT2D eigenvalue weighted by atomic mass is 35.5. The lowest BCUT2D eigenvalue weighted by Crippen LogP contribution is -2.55. The molecular formula is C61H62ClF3N10O7S. The monoisotopic (exact) mass is 1170 g/mol. The first-order chi connectivity index (χ1) is 39.9. The summed E-state index contributed by atoms with van der Waals surface area (Å²) in [5.41, 5.74) is 7.54. The Kier molecular flexibility index (Phi) is 14.7. The second-order valence-electron chi connectivity index (χ2n) is 22.5. The van der Waals surface area contributed by atoms with Crippen LogP contribution in [0.2, 0.25) is 5.02 Å². The minimum Gasteiger partial charge on any atom is -0.486 e. The third kappa shape index (κ3) is 9.32. The highest BCUT2D eigenvalue weighted by Crippen LogP contribution is 2.48. The van der Waals surface area contributed by atoms with Crippen molar-refractivity contribution in [3.8, 4) is 40.3 Å². The fraction of sp³-hybridized carbons (Fsp3) is 0.426. The number of carbonyl (C=O) groups is 2. The van der Waals surface area contributed by atoms with Gasteiger partial charge in [-0.25, -0.2) is 22.9 Å². The van der Waals surface area contributed by atoms with Crippen molar-refractivity contribution < 1.29 is 42.1 Å². The number of piperazine rings is 1. The lowest BCUT2D eigenvalue weighted by Gasteiger charge is -2.41. The van der Waals surface area contributed by atoms with Gasteiger partial charge in [-0.3, -0.25) is 14.5 Å². The summed E-state index contributed by atoms with van der Waals surface area (Å²) < 4.78 is 68.0. The molecule has 0 unspecified atom stereocenters. The number of fused-ring (bicyclic) bond motifs is 8. The number of benzene rings is 3. The smallest absolute Gasteiger partial charge is 0.343 e. The zero-order valence-corrected chi connectivity index (χ0v) is 48.0. The third-order valence-electron chi connectivity index (χ3n) is 17.7. The van der Waals surface area contributed by atoms with Gasteiger partial charge in [0.15, 0.2) is 11.4 Å². The highest BCUT2D eigenvalue weighted by Gasteiger charge is 2.50. The van der Waals surface area contributed by atoms with E-state index in [4.69, 9.17) is 41.5 Å². The largest absolute Gasteiger partial charge is 0.486 e. The van der Waals surface area contributed by atoms with Crippen molar-refractivity contribution in [1.29, 1.82) is 5.26 Å². The van der Waals surface area contributed by atoms with Gasteiger partial charge < -0.3 is 44.7 Å². The summed E-state index contributed by atoms with van der Waals surface area (Å²) in [6, 6.07) is 12.9. The summed E-state index contributed by atoms with van der Waals surface area (Å²) in [6.45, 7) is 12.5. The van der Waals surface area contributed by atoms with E-state index in [9.17, 15) is 29.1 Å². The standard InChI is InChI=1S/C61H62ClF3N10O7S/c1-6-35-37-21-34(12-15-45(37)69-51-40(35)28-75-46(51)23-42-41(57(75)77)29-80-58(78)61(42,79)7-2)82-47(11-8-9-17-68-5)32(4)56(76)72-19-20-74(31(3)26-72)55-38-22-43(62)49(36-13-14-44(64)53-48(36)39(25-66)54(67)83-53)50(65)52(38)70-59(71-55)81-30-60-16-10-18-73(60)27-33(63)24-60/h12-15,21-23,31,33,47,68,79H,4,6-11,16-20,24,26-30,67H2,1-3,5H3/t31-,33+,47+,60-,61-/m0/s1. The van der Waals surface area contributed by atoms with E-state index in [0.29, 0.717) is 54.3 Å². The van der Waals surface area contributed by atoms with Crippen LogP contribution in [0, 0.1) is 23.0 Å². The molecule has 0 spiro atoms. The maximum atomic E-state index is 17.6. The van der Waals surface area contributed by atoms with Crippen molar-refractivity contribution in [1.82, 2.24) is 34.6 Å². The first-order valence-electron chi connectivity index (χ1n) is 28.2. The number of carbonyl (C=O) groups excluding carboxylic acids is 2. The number of nitrogens with two attached hydrogens (primary N) is 1. The molecule has 0 aliphatic carbocycles. The topological polar surface area (TPSA) is 214 Å². The van der Waals surface area contributed by atoms with Gasteiger partial charge in [-0.2, -0.15) is 15.2 Å². The van der Waals surface area contributed by atoms with Crippen LogP contribution in [0.25, 0.3) is 54.4 Å². The van der Waals surface area contributed by atoms with Gasteiger partial charge in [0.25, 0.3) is 11.5 Å². The molecule has 4 aromatic heterocycles. The van der Waals surface area contributed by atoms with E-state index >= 15 is 8.78 Å². The van der Waals surface area contributed by atoms with Crippen molar-refractivity contribution in [3.63, 3.8) is 0 Å². The lowest BCUT2D eigenvalue weighted by atomic mass is 9.86. The number of aromatic nitrogens is 4. The normalized spacial score (nSPS) is 21.5. The minimum absolute atomic E-state index is 0.00128. The number of nitrogen functional groups attached to an aromatic ring is 1. The quantitative estimate of drug-likeness (QED) is 0.0467. The Morgan fingerprint density at radius 3 is 2.66 bits per heavy atom. The number of ether oxygens (including phenoxy) is 3. The predicted octanol–water partition coefficient (Wildman–Crippen LogP) is 9.24. The Bertz CT molecular complexity index is 3980. The summed E-state index contributed by atoms with van der Waals surface area (Å²) in [7, 11) is 1.88. The van der Waals surface area contributed by atoms with Gasteiger partial charge in [0.2, 0.25) is 0 Å². The van der Waals surface area contributed by atoms with Gasteiger partial charge in [-0.05, 0) is 120 Å². The number of anilines is 2. The second-order valence-corrected chi connectivity index (χ2v) is 23.9. The maximum absolute atomic E-state index is 17.6. The molecule has 22 heteroatoms. The van der Waals surface area contributed by atoms with E-state index in [0.717, 1.165) is 60.2 Å². The van der Waals surface area contributed by atoms with Crippen LogP contribution < -0.4 is 31.0 Å². The molecule has 432 valence electrons. The summed E-state index contributed by atoms with van der Waals surface area (Å²) >= 11 is 7.94. The molecule has 9 heterocycles. The van der Waals surface area contributed by atoms with Crippen molar-refractivity contribution in [2.45, 2.75) is 115 Å². The van der Waals surface area contributed by atoms with Crippen molar-refractivity contribution in [2.75, 3.05) is 63.6 Å². The van der Waals surface area contributed by atoms with Crippen molar-refractivity contribution in [3.05, 3.63) is 109 Å². The maximum Gasteiger partial charge on any atom is 0.343 e. The number of nitrogens with zero attached hydrogens (tertiary/aromatic N) is 8. The van der Waals surface area contributed by atoms with E-state index in [1.54, 1.807) is 34.6 Å². The number of halogens is 4. The van der Waals surface area contributed by atoms with Gasteiger partial charge in [-0.1, -0.05) is 38.1 Å². The molecule has 5 aliphatic rings. The molecule has 0 bridgehead atoms. The molecule has 7 aromatic rings. The molecule has 3 aromatic carbocycles. The predicted molar refractivity (Wildman–Crippen MR) is 312 cm³/mol. The van der Waals surface area contributed by atoms with Gasteiger partial charge in [0.1, 0.15) is 59.5 Å². The first-order valence-corrected chi connectivity index (χ1v) is 29.4. The molecule has 83 heavy (non-hydrogen) atoms. The van der Waals surface area contributed by atoms with Crippen molar-refractivity contribution in [2.24, 2.45) is 0 Å². The van der Waals surface area contributed by atoms with Crippen LogP contribution in [0.4, 0.5) is 24.0 Å². The number of nitrogens with one attached hydrogen (secondary N) is 1. The van der Waals surface area contributed by atoms with Crippen LogP contribution in [0.15, 0.2) is 59.4 Å². The first kappa shape index (κ1) is 56.1. The average molecular weight is 1170 g/mol. The van der Waals surface area contributed by atoms with E-state index < -0.39 is 47.1 Å². The molecule has 3 fully saturated rings. The molecule has 12 rings (SSSR count). The summed E-state index contributed by atoms with van der Waals surface area (Å²) in [4.78, 5) is 62.0. The molecule has 0 radical (unpaired) electrons. The molecule has 5 atom stereocenters. The number of unbranched alkanes of at least 4 members (excludes halogenated alkanes) is 1. The van der Waals surface area contributed by atoms with Gasteiger partial charge in [0, 0.05) is 71.5 Å². The fourth-order valence-corrected chi connectivity index (χ4v) is 14.6. The molecule has 3 saturated heterocycles. The molecule has 4 N–H and O–H groups in total. The zero-order valence-electron chi connectivity index (χ0n) is 46.5. The van der Waals surface area contributed by atoms with Gasteiger partial charge >= 0.3 is 12.0 Å². The van der Waals surface area contributed by atoms with E-state index in [1.807, 2.05) is 44.0 Å². The Morgan fingerprint density at radius 1 is 1.08 bits per heavy atom. The number of nitriles is 1. The lowest BCUT2D eigenvalue weighted by molar-refractivity contribution is -0.172. The van der Waals surface area contributed by atoms with Crippen LogP contribution in [0.1, 0.15) is 93.5 Å². The number of amides is 1. The van der Waals surface area contributed by atoms with Gasteiger partial charge in [-0.15, -0.1) is 11.3 Å².